The Morgan fingerprint density at radius 2 is 2.17 bits per heavy atom. The highest BCUT2D eigenvalue weighted by Crippen LogP contribution is 2.35. The second-order valence-electron chi connectivity index (χ2n) is 6.39. The molecule has 0 spiro atoms. The van der Waals surface area contributed by atoms with Gasteiger partial charge < -0.3 is 15.5 Å². The molecule has 2 unspecified atom stereocenters. The molecule has 1 aliphatic carbocycles. The highest BCUT2D eigenvalue weighted by atomic mass is 16.2. The van der Waals surface area contributed by atoms with Gasteiger partial charge in [-0.2, -0.15) is 0 Å². The van der Waals surface area contributed by atoms with Crippen molar-refractivity contribution in [2.75, 3.05) is 33.7 Å². The van der Waals surface area contributed by atoms with Crippen LogP contribution in [0, 0.1) is 11.8 Å². The molecule has 1 saturated heterocycles. The normalized spacial score (nSPS) is 33.2. The lowest BCUT2D eigenvalue weighted by Crippen LogP contribution is -2.58. The lowest BCUT2D eigenvalue weighted by Gasteiger charge is -2.45. The first kappa shape index (κ1) is 13.8. The number of nitrogens with zero attached hydrogens (tertiary/aromatic N) is 1. The smallest absolute Gasteiger partial charge is 0.225 e. The summed E-state index contributed by atoms with van der Waals surface area (Å²) in [5, 5.41) is 6.32. The molecule has 0 aromatic rings. The van der Waals surface area contributed by atoms with Crippen molar-refractivity contribution < 1.29 is 4.79 Å². The zero-order chi connectivity index (χ0) is 13.2. The van der Waals surface area contributed by atoms with Crippen LogP contribution in [0.15, 0.2) is 0 Å². The van der Waals surface area contributed by atoms with E-state index in [1.165, 1.54) is 25.7 Å². The van der Waals surface area contributed by atoms with Gasteiger partial charge in [-0.25, -0.2) is 0 Å². The van der Waals surface area contributed by atoms with Crippen molar-refractivity contribution in [3.8, 4) is 0 Å². The quantitative estimate of drug-likeness (QED) is 0.780. The maximum atomic E-state index is 11.9. The number of nitrogens with one attached hydrogen (secondary N) is 2. The topological polar surface area (TPSA) is 44.4 Å². The number of likely N-dealkylation sites (N-methyl/N-ethyl adjacent to an activating group) is 1. The van der Waals surface area contributed by atoms with E-state index in [1.54, 1.807) is 0 Å². The Labute approximate surface area is 110 Å². The molecule has 2 rings (SSSR count). The van der Waals surface area contributed by atoms with Gasteiger partial charge >= 0.3 is 0 Å². The first-order chi connectivity index (χ1) is 8.53. The van der Waals surface area contributed by atoms with Crippen molar-refractivity contribution in [3.05, 3.63) is 0 Å². The molecule has 2 N–H and O–H groups in total. The molecule has 0 aromatic carbocycles. The van der Waals surface area contributed by atoms with Crippen LogP contribution in [0.5, 0.6) is 0 Å². The number of hydrogen-bond acceptors (Lipinski definition) is 3. The van der Waals surface area contributed by atoms with E-state index < -0.39 is 0 Å². The van der Waals surface area contributed by atoms with E-state index >= 15 is 0 Å². The van der Waals surface area contributed by atoms with Crippen LogP contribution in [0.1, 0.15) is 32.6 Å². The summed E-state index contributed by atoms with van der Waals surface area (Å²) in [6, 6.07) is 0. The molecule has 18 heavy (non-hydrogen) atoms. The zero-order valence-corrected chi connectivity index (χ0v) is 12.0. The number of rotatable bonds is 4. The van der Waals surface area contributed by atoms with E-state index in [0.29, 0.717) is 0 Å². The van der Waals surface area contributed by atoms with Crippen LogP contribution in [0.25, 0.3) is 0 Å². The second-order valence-corrected chi connectivity index (χ2v) is 6.39. The molecule has 4 heteroatoms. The third kappa shape index (κ3) is 2.86. The molecule has 2 fully saturated rings. The molecule has 0 bridgehead atoms. The Kier molecular flexibility index (Phi) is 4.28. The van der Waals surface area contributed by atoms with Gasteiger partial charge in [0.25, 0.3) is 0 Å². The van der Waals surface area contributed by atoms with Crippen LogP contribution in [-0.4, -0.2) is 50.1 Å². The lowest BCUT2D eigenvalue weighted by molar-refractivity contribution is -0.127. The van der Waals surface area contributed by atoms with Crippen LogP contribution in [-0.2, 0) is 4.79 Å². The van der Waals surface area contributed by atoms with Gasteiger partial charge in [0.15, 0.2) is 0 Å². The molecule has 2 aliphatic rings. The van der Waals surface area contributed by atoms with Crippen LogP contribution < -0.4 is 10.6 Å². The molecular formula is C14H27N3O. The molecule has 1 amide bonds. The van der Waals surface area contributed by atoms with Crippen LogP contribution in [0.3, 0.4) is 0 Å². The maximum Gasteiger partial charge on any atom is 0.225 e. The van der Waals surface area contributed by atoms with E-state index in [4.69, 9.17) is 0 Å². The lowest BCUT2D eigenvalue weighted by atomic mass is 9.75. The van der Waals surface area contributed by atoms with Crippen molar-refractivity contribution in [3.63, 3.8) is 0 Å². The number of carbonyl (C=O) groups is 1. The molecular weight excluding hydrogens is 226 g/mol. The average molecular weight is 253 g/mol. The molecule has 104 valence electrons. The highest BCUT2D eigenvalue weighted by molar-refractivity contribution is 5.80. The summed E-state index contributed by atoms with van der Waals surface area (Å²) in [6.07, 6.45) is 5.01. The summed E-state index contributed by atoms with van der Waals surface area (Å²) in [6.45, 7) is 4.82. The predicted molar refractivity (Wildman–Crippen MR) is 73.4 cm³/mol. The summed E-state index contributed by atoms with van der Waals surface area (Å²) in [7, 11) is 4.30. The standard InChI is InChI=1S/C14H27N3O/c1-11-5-4-6-14(7-11,17(2)3)10-16-13(18)12-8-15-9-12/h11-12,15H,4-10H2,1-3H3,(H,16,18). The van der Waals surface area contributed by atoms with Gasteiger partial charge in [0, 0.05) is 25.2 Å². The summed E-state index contributed by atoms with van der Waals surface area (Å²) < 4.78 is 0. The molecule has 4 nitrogen and oxygen atoms in total. The summed E-state index contributed by atoms with van der Waals surface area (Å²) in [5.41, 5.74) is 0.171. The van der Waals surface area contributed by atoms with Crippen molar-refractivity contribution in [2.45, 2.75) is 38.1 Å². The van der Waals surface area contributed by atoms with E-state index in [9.17, 15) is 4.79 Å². The minimum atomic E-state index is 0.171. The Morgan fingerprint density at radius 1 is 1.44 bits per heavy atom. The van der Waals surface area contributed by atoms with Gasteiger partial charge in [0.05, 0.1) is 5.92 Å². The fourth-order valence-corrected chi connectivity index (χ4v) is 3.23. The summed E-state index contributed by atoms with van der Waals surface area (Å²) >= 11 is 0. The Hall–Kier alpha value is -0.610. The third-order valence-electron chi connectivity index (χ3n) is 4.76. The van der Waals surface area contributed by atoms with Crippen molar-refractivity contribution in [2.24, 2.45) is 11.8 Å². The first-order valence-electron chi connectivity index (χ1n) is 7.19. The average Bonchev–Trinajstić information content (AvgIpc) is 2.24. The van der Waals surface area contributed by atoms with Crippen LogP contribution in [0.2, 0.25) is 0 Å². The monoisotopic (exact) mass is 253 g/mol. The molecule has 0 radical (unpaired) electrons. The minimum absolute atomic E-state index is 0.171. The van der Waals surface area contributed by atoms with Crippen molar-refractivity contribution in [1.82, 2.24) is 15.5 Å². The summed E-state index contributed by atoms with van der Waals surface area (Å²) in [4.78, 5) is 14.3. The first-order valence-corrected chi connectivity index (χ1v) is 7.19. The SMILES string of the molecule is CC1CCCC(CNC(=O)C2CNC2)(N(C)C)C1. The van der Waals surface area contributed by atoms with E-state index in [0.717, 1.165) is 25.6 Å². The van der Waals surface area contributed by atoms with Gasteiger partial charge in [0.2, 0.25) is 5.91 Å². The van der Waals surface area contributed by atoms with Gasteiger partial charge in [-0.3, -0.25) is 4.79 Å². The highest BCUT2D eigenvalue weighted by Gasteiger charge is 2.37. The van der Waals surface area contributed by atoms with E-state index in [-0.39, 0.29) is 17.4 Å². The molecule has 1 heterocycles. The van der Waals surface area contributed by atoms with Crippen LogP contribution in [0.4, 0.5) is 0 Å². The van der Waals surface area contributed by atoms with Gasteiger partial charge in [-0.15, -0.1) is 0 Å². The Morgan fingerprint density at radius 3 is 2.67 bits per heavy atom. The number of amides is 1. The largest absolute Gasteiger partial charge is 0.354 e. The van der Waals surface area contributed by atoms with Crippen LogP contribution >= 0.6 is 0 Å². The molecule has 2 atom stereocenters. The van der Waals surface area contributed by atoms with E-state index in [2.05, 4.69) is 36.6 Å². The molecule has 0 aromatic heterocycles. The van der Waals surface area contributed by atoms with Gasteiger partial charge in [-0.05, 0) is 32.9 Å². The Balaban J connectivity index is 1.91. The molecule has 1 aliphatic heterocycles. The van der Waals surface area contributed by atoms with Gasteiger partial charge in [0.1, 0.15) is 0 Å². The van der Waals surface area contributed by atoms with E-state index in [1.807, 2.05) is 0 Å². The summed E-state index contributed by atoms with van der Waals surface area (Å²) in [5.74, 6) is 1.20. The Bertz CT molecular complexity index is 301. The van der Waals surface area contributed by atoms with Crippen molar-refractivity contribution in [1.29, 1.82) is 0 Å². The number of hydrogen-bond donors (Lipinski definition) is 2. The zero-order valence-electron chi connectivity index (χ0n) is 12.0. The van der Waals surface area contributed by atoms with Crippen molar-refractivity contribution >= 4 is 5.91 Å². The fraction of sp³-hybridized carbons (Fsp3) is 0.929. The second kappa shape index (κ2) is 5.57. The number of carbonyl (C=O) groups excluding carboxylic acids is 1. The van der Waals surface area contributed by atoms with Gasteiger partial charge in [-0.1, -0.05) is 19.8 Å². The third-order valence-corrected chi connectivity index (χ3v) is 4.76. The maximum absolute atomic E-state index is 11.9. The molecule has 1 saturated carbocycles. The minimum Gasteiger partial charge on any atom is -0.354 e. The predicted octanol–water partition coefficient (Wildman–Crippen LogP) is 0.833. The fourth-order valence-electron chi connectivity index (χ4n) is 3.23.